The van der Waals surface area contributed by atoms with Crippen molar-refractivity contribution in [2.24, 2.45) is 5.92 Å². The molecule has 0 aromatic carbocycles. The molecule has 0 bridgehead atoms. The van der Waals surface area contributed by atoms with Gasteiger partial charge >= 0.3 is 0 Å². The number of epoxide rings is 1. The number of rotatable bonds is 18. The highest BCUT2D eigenvalue weighted by molar-refractivity contribution is 4.80. The molecule has 4 nitrogen and oxygen atoms in total. The zero-order chi connectivity index (χ0) is 18.4. The average molecular weight is 359 g/mol. The van der Waals surface area contributed by atoms with E-state index in [0.717, 1.165) is 45.5 Å². The van der Waals surface area contributed by atoms with Gasteiger partial charge < -0.3 is 18.9 Å². The number of methoxy groups -OCH3 is 2. The van der Waals surface area contributed by atoms with Crippen LogP contribution in [0.1, 0.15) is 84.5 Å². The van der Waals surface area contributed by atoms with Crippen LogP contribution in [-0.2, 0) is 18.9 Å². The fourth-order valence-corrected chi connectivity index (χ4v) is 3.74. The van der Waals surface area contributed by atoms with Gasteiger partial charge in [0.1, 0.15) is 6.10 Å². The molecule has 1 heterocycles. The maximum Gasteiger partial charge on any atom is 0.170 e. The van der Waals surface area contributed by atoms with Crippen molar-refractivity contribution in [3.8, 4) is 0 Å². The van der Waals surface area contributed by atoms with Crippen LogP contribution in [0.3, 0.4) is 0 Å². The Morgan fingerprint density at radius 3 is 2.16 bits per heavy atom. The lowest BCUT2D eigenvalue weighted by Gasteiger charge is -2.38. The summed E-state index contributed by atoms with van der Waals surface area (Å²) in [7, 11) is 3.60. The van der Waals surface area contributed by atoms with Crippen molar-refractivity contribution < 1.29 is 18.9 Å². The molecule has 2 atom stereocenters. The summed E-state index contributed by atoms with van der Waals surface area (Å²) in [5, 5.41) is 0. The molecule has 1 rings (SSSR count). The first kappa shape index (κ1) is 22.9. The van der Waals surface area contributed by atoms with Gasteiger partial charge in [-0.05, 0) is 19.3 Å². The van der Waals surface area contributed by atoms with Crippen LogP contribution in [0.25, 0.3) is 0 Å². The Bertz CT molecular complexity index is 300. The molecule has 0 N–H and O–H groups in total. The molecule has 0 aliphatic carbocycles. The highest BCUT2D eigenvalue weighted by Gasteiger charge is 2.37. The largest absolute Gasteiger partial charge is 0.379 e. The second-order valence-electron chi connectivity index (χ2n) is 7.40. The van der Waals surface area contributed by atoms with Gasteiger partial charge in [-0.3, -0.25) is 0 Å². The van der Waals surface area contributed by atoms with E-state index in [2.05, 4.69) is 13.8 Å². The first-order chi connectivity index (χ1) is 12.2. The Kier molecular flexibility index (Phi) is 12.8. The highest BCUT2D eigenvalue weighted by atomic mass is 16.7. The molecule has 2 unspecified atom stereocenters. The number of unbranched alkanes of at least 4 members (excludes halogenated alkanes) is 5. The summed E-state index contributed by atoms with van der Waals surface area (Å²) in [4.78, 5) is 0. The molecule has 0 spiro atoms. The van der Waals surface area contributed by atoms with Crippen molar-refractivity contribution in [2.45, 2.75) is 96.4 Å². The van der Waals surface area contributed by atoms with Gasteiger partial charge in [-0.15, -0.1) is 0 Å². The van der Waals surface area contributed by atoms with Gasteiger partial charge in [0.05, 0.1) is 13.2 Å². The van der Waals surface area contributed by atoms with Gasteiger partial charge in [0, 0.05) is 33.2 Å². The van der Waals surface area contributed by atoms with Crippen LogP contribution < -0.4 is 0 Å². The Morgan fingerprint density at radius 2 is 1.56 bits per heavy atom. The maximum atomic E-state index is 5.91. The molecule has 1 aliphatic heterocycles. The average Bonchev–Trinajstić information content (AvgIpc) is 3.45. The molecule has 4 heteroatoms. The van der Waals surface area contributed by atoms with Gasteiger partial charge in [-0.2, -0.15) is 0 Å². The van der Waals surface area contributed by atoms with Gasteiger partial charge in [0.2, 0.25) is 0 Å². The maximum absolute atomic E-state index is 5.91. The van der Waals surface area contributed by atoms with E-state index in [9.17, 15) is 0 Å². The summed E-state index contributed by atoms with van der Waals surface area (Å²) in [6.07, 6.45) is 13.7. The minimum absolute atomic E-state index is 0.357. The molecule has 1 fully saturated rings. The third-order valence-corrected chi connectivity index (χ3v) is 5.37. The van der Waals surface area contributed by atoms with Gasteiger partial charge in [-0.1, -0.05) is 58.8 Å². The van der Waals surface area contributed by atoms with Crippen LogP contribution in [0.15, 0.2) is 0 Å². The van der Waals surface area contributed by atoms with E-state index >= 15 is 0 Å². The molecule has 25 heavy (non-hydrogen) atoms. The van der Waals surface area contributed by atoms with Crippen molar-refractivity contribution in [2.75, 3.05) is 34.0 Å². The lowest BCUT2D eigenvalue weighted by atomic mass is 9.85. The molecule has 0 saturated carbocycles. The van der Waals surface area contributed by atoms with Crippen LogP contribution >= 0.6 is 0 Å². The molecule has 1 saturated heterocycles. The summed E-state index contributed by atoms with van der Waals surface area (Å²) in [6, 6.07) is 0. The SMILES string of the molecule is CCCCCCCCC(CCCOCC1CO1)C(CCC)(OC)OC. The normalized spacial score (nSPS) is 18.5. The van der Waals surface area contributed by atoms with Crippen molar-refractivity contribution in [1.29, 1.82) is 0 Å². The number of hydrogen-bond acceptors (Lipinski definition) is 4. The molecule has 150 valence electrons. The smallest absolute Gasteiger partial charge is 0.170 e. The standard InChI is InChI=1S/C21H42O4/c1-5-7-8-9-10-11-13-19(21(22-3,23-4)15-6-2)14-12-16-24-17-20-18-25-20/h19-20H,5-18H2,1-4H3. The minimum Gasteiger partial charge on any atom is -0.379 e. The zero-order valence-electron chi connectivity index (χ0n) is 17.2. The molecule has 1 aliphatic rings. The molecule has 0 aromatic rings. The van der Waals surface area contributed by atoms with E-state index in [-0.39, 0.29) is 0 Å². The van der Waals surface area contributed by atoms with Crippen molar-refractivity contribution in [3.63, 3.8) is 0 Å². The molecule has 0 amide bonds. The zero-order valence-corrected chi connectivity index (χ0v) is 17.2. The molecule has 0 aromatic heterocycles. The van der Waals surface area contributed by atoms with Crippen molar-refractivity contribution in [1.82, 2.24) is 0 Å². The van der Waals surface area contributed by atoms with Crippen LogP contribution in [0.5, 0.6) is 0 Å². The topological polar surface area (TPSA) is 40.2 Å². The van der Waals surface area contributed by atoms with Crippen LogP contribution in [0, 0.1) is 5.92 Å². The van der Waals surface area contributed by atoms with E-state index in [1.165, 1.54) is 44.9 Å². The number of ether oxygens (including phenoxy) is 4. The fourth-order valence-electron chi connectivity index (χ4n) is 3.74. The minimum atomic E-state index is -0.433. The van der Waals surface area contributed by atoms with Gasteiger partial charge in [0.15, 0.2) is 5.79 Å². The Balaban J connectivity index is 2.39. The third kappa shape index (κ3) is 9.37. The van der Waals surface area contributed by atoms with Crippen molar-refractivity contribution >= 4 is 0 Å². The Hall–Kier alpha value is -0.160. The summed E-state index contributed by atoms with van der Waals surface area (Å²) >= 11 is 0. The highest BCUT2D eigenvalue weighted by Crippen LogP contribution is 2.35. The van der Waals surface area contributed by atoms with Crippen LogP contribution in [0.2, 0.25) is 0 Å². The van der Waals surface area contributed by atoms with Crippen LogP contribution in [-0.4, -0.2) is 45.9 Å². The molecular weight excluding hydrogens is 316 g/mol. The summed E-state index contributed by atoms with van der Waals surface area (Å²) in [5.74, 6) is 0.00649. The lowest BCUT2D eigenvalue weighted by molar-refractivity contribution is -0.247. The predicted molar refractivity (Wildman–Crippen MR) is 103 cm³/mol. The van der Waals surface area contributed by atoms with E-state index < -0.39 is 5.79 Å². The Morgan fingerprint density at radius 1 is 0.920 bits per heavy atom. The van der Waals surface area contributed by atoms with Crippen molar-refractivity contribution in [3.05, 3.63) is 0 Å². The first-order valence-electron chi connectivity index (χ1n) is 10.5. The summed E-state index contributed by atoms with van der Waals surface area (Å²) < 4.78 is 22.7. The van der Waals surface area contributed by atoms with E-state index in [0.29, 0.717) is 12.0 Å². The van der Waals surface area contributed by atoms with Gasteiger partial charge in [0.25, 0.3) is 0 Å². The monoisotopic (exact) mass is 358 g/mol. The Labute approximate surface area is 155 Å². The molecule has 0 radical (unpaired) electrons. The van der Waals surface area contributed by atoms with Crippen LogP contribution in [0.4, 0.5) is 0 Å². The summed E-state index contributed by atoms with van der Waals surface area (Å²) in [5.41, 5.74) is 0. The van der Waals surface area contributed by atoms with E-state index in [4.69, 9.17) is 18.9 Å². The quantitative estimate of drug-likeness (QED) is 0.188. The lowest BCUT2D eigenvalue weighted by Crippen LogP contribution is -2.42. The first-order valence-corrected chi connectivity index (χ1v) is 10.5. The van der Waals surface area contributed by atoms with E-state index in [1.807, 2.05) is 0 Å². The fraction of sp³-hybridized carbons (Fsp3) is 1.00. The van der Waals surface area contributed by atoms with E-state index in [1.54, 1.807) is 14.2 Å². The molecular formula is C21H42O4. The third-order valence-electron chi connectivity index (χ3n) is 5.37. The second-order valence-corrected chi connectivity index (χ2v) is 7.40. The summed E-state index contributed by atoms with van der Waals surface area (Å²) in [6.45, 7) is 6.89. The van der Waals surface area contributed by atoms with Gasteiger partial charge in [-0.25, -0.2) is 0 Å². The second kappa shape index (κ2) is 14.0. The number of hydrogen-bond donors (Lipinski definition) is 0. The predicted octanol–water partition coefficient (Wildman–Crippen LogP) is 5.34.